The quantitative estimate of drug-likeness (QED) is 0.625. The minimum Gasteiger partial charge on any atom is -0.350 e. The summed E-state index contributed by atoms with van der Waals surface area (Å²) in [6.45, 7) is 3.23. The molecule has 1 fully saturated rings. The van der Waals surface area contributed by atoms with Crippen LogP contribution in [-0.4, -0.2) is 28.0 Å². The van der Waals surface area contributed by atoms with E-state index in [-0.39, 0.29) is 17.3 Å². The van der Waals surface area contributed by atoms with Gasteiger partial charge in [-0.1, -0.05) is 19.1 Å². The number of nitrogens with zero attached hydrogens (tertiary/aromatic N) is 4. The van der Waals surface area contributed by atoms with Crippen LogP contribution in [0.4, 0.5) is 36.2 Å². The van der Waals surface area contributed by atoms with Gasteiger partial charge in [0.1, 0.15) is 6.33 Å². The van der Waals surface area contributed by atoms with E-state index in [2.05, 4.69) is 15.3 Å². The molecule has 0 aliphatic carbocycles. The predicted molar refractivity (Wildman–Crippen MR) is 94.0 cm³/mol. The largest absolute Gasteiger partial charge is 0.418 e. The maximum absolute atomic E-state index is 13.2. The van der Waals surface area contributed by atoms with Gasteiger partial charge in [0.15, 0.2) is 0 Å². The van der Waals surface area contributed by atoms with Crippen molar-refractivity contribution in [1.82, 2.24) is 9.97 Å². The Morgan fingerprint density at radius 3 is 2.70 bits per heavy atom. The number of nitro groups is 1. The van der Waals surface area contributed by atoms with E-state index in [1.54, 1.807) is 4.90 Å². The minimum atomic E-state index is -4.60. The zero-order chi connectivity index (χ0) is 19.6. The summed E-state index contributed by atoms with van der Waals surface area (Å²) in [5.41, 5.74) is -1.65. The number of halogens is 3. The average Bonchev–Trinajstić information content (AvgIpc) is 2.61. The highest BCUT2D eigenvalue weighted by Gasteiger charge is 2.35. The molecule has 1 atom stereocenters. The molecule has 0 radical (unpaired) electrons. The van der Waals surface area contributed by atoms with Gasteiger partial charge >= 0.3 is 11.9 Å². The molecule has 1 aliphatic rings. The number of para-hydroxylation sites is 1. The van der Waals surface area contributed by atoms with Crippen LogP contribution >= 0.6 is 0 Å². The zero-order valence-corrected chi connectivity index (χ0v) is 14.5. The first kappa shape index (κ1) is 18.9. The summed E-state index contributed by atoms with van der Waals surface area (Å²) < 4.78 is 39.6. The predicted octanol–water partition coefficient (Wildman–Crippen LogP) is 4.38. The molecule has 1 unspecified atom stereocenters. The first-order chi connectivity index (χ1) is 12.8. The van der Waals surface area contributed by atoms with E-state index in [0.29, 0.717) is 19.0 Å². The van der Waals surface area contributed by atoms with E-state index in [1.165, 1.54) is 18.2 Å². The summed E-state index contributed by atoms with van der Waals surface area (Å²) in [6, 6.07) is 4.78. The fourth-order valence-electron chi connectivity index (χ4n) is 3.21. The molecule has 1 aromatic heterocycles. The number of hydrogen-bond donors (Lipinski definition) is 1. The molecule has 0 saturated carbocycles. The number of rotatable bonds is 4. The molecule has 3 rings (SSSR count). The lowest BCUT2D eigenvalue weighted by Crippen LogP contribution is -2.35. The first-order valence-electron chi connectivity index (χ1n) is 8.45. The van der Waals surface area contributed by atoms with Crippen molar-refractivity contribution in [3.05, 3.63) is 46.3 Å². The number of hydrogen-bond acceptors (Lipinski definition) is 6. The van der Waals surface area contributed by atoms with Gasteiger partial charge in [-0.3, -0.25) is 10.1 Å². The van der Waals surface area contributed by atoms with Crippen molar-refractivity contribution >= 4 is 23.0 Å². The van der Waals surface area contributed by atoms with Crippen LogP contribution in [0.3, 0.4) is 0 Å². The van der Waals surface area contributed by atoms with Gasteiger partial charge in [-0.15, -0.1) is 0 Å². The third-order valence-corrected chi connectivity index (χ3v) is 4.43. The third-order valence-electron chi connectivity index (χ3n) is 4.43. The van der Waals surface area contributed by atoms with E-state index in [0.717, 1.165) is 25.2 Å². The molecule has 27 heavy (non-hydrogen) atoms. The molecule has 2 aromatic rings. The van der Waals surface area contributed by atoms with Gasteiger partial charge in [-0.2, -0.15) is 13.2 Å². The molecule has 7 nitrogen and oxygen atoms in total. The van der Waals surface area contributed by atoms with Gasteiger partial charge in [0.05, 0.1) is 16.2 Å². The first-order valence-corrected chi connectivity index (χ1v) is 8.45. The van der Waals surface area contributed by atoms with Gasteiger partial charge in [0.2, 0.25) is 11.6 Å². The average molecular weight is 381 g/mol. The molecule has 1 saturated heterocycles. The van der Waals surface area contributed by atoms with Crippen LogP contribution in [-0.2, 0) is 6.18 Å². The van der Waals surface area contributed by atoms with Gasteiger partial charge in [-0.05, 0) is 30.9 Å². The molecule has 0 amide bonds. The van der Waals surface area contributed by atoms with Gasteiger partial charge in [0.25, 0.3) is 0 Å². The minimum absolute atomic E-state index is 0.119. The van der Waals surface area contributed by atoms with Gasteiger partial charge in [0, 0.05) is 13.1 Å². The van der Waals surface area contributed by atoms with Crippen LogP contribution < -0.4 is 10.2 Å². The summed E-state index contributed by atoms with van der Waals surface area (Å²) in [6.07, 6.45) is -1.60. The van der Waals surface area contributed by atoms with E-state index < -0.39 is 22.4 Å². The van der Waals surface area contributed by atoms with E-state index in [4.69, 9.17) is 0 Å². The fraction of sp³-hybridized carbons (Fsp3) is 0.412. The molecular formula is C17H18F3N5O2. The van der Waals surface area contributed by atoms with Gasteiger partial charge in [-0.25, -0.2) is 9.97 Å². The zero-order valence-electron chi connectivity index (χ0n) is 14.5. The Balaban J connectivity index is 2.02. The Kier molecular flexibility index (Phi) is 5.15. The van der Waals surface area contributed by atoms with Crippen LogP contribution in [0.2, 0.25) is 0 Å². The van der Waals surface area contributed by atoms with Crippen molar-refractivity contribution in [1.29, 1.82) is 0 Å². The second-order valence-electron chi connectivity index (χ2n) is 6.51. The second-order valence-corrected chi connectivity index (χ2v) is 6.51. The molecular weight excluding hydrogens is 363 g/mol. The topological polar surface area (TPSA) is 84.2 Å². The molecule has 144 valence electrons. The standard InChI is InChI=1S/C17H18F3N5O2/c1-11-5-4-8-24(9-11)16-14(25(26)27)15(21-10-22-16)23-13-7-3-2-6-12(13)17(18,19)20/h2-3,6-7,10-11H,4-5,8-9H2,1H3,(H,21,22,23). The van der Waals surface area contributed by atoms with Crippen molar-refractivity contribution in [2.24, 2.45) is 5.92 Å². The van der Waals surface area contributed by atoms with Crippen molar-refractivity contribution < 1.29 is 18.1 Å². The lowest BCUT2D eigenvalue weighted by molar-refractivity contribution is -0.383. The van der Waals surface area contributed by atoms with Crippen LogP contribution in [0.25, 0.3) is 0 Å². The Bertz CT molecular complexity index is 844. The molecule has 1 aliphatic heterocycles. The Labute approximate surface area is 153 Å². The van der Waals surface area contributed by atoms with Crippen LogP contribution in [0.15, 0.2) is 30.6 Å². The van der Waals surface area contributed by atoms with E-state index >= 15 is 0 Å². The SMILES string of the molecule is CC1CCCN(c2ncnc(Nc3ccccc3C(F)(F)F)c2[N+](=O)[O-])C1. The van der Waals surface area contributed by atoms with Crippen LogP contribution in [0, 0.1) is 16.0 Å². The molecule has 0 bridgehead atoms. The number of nitrogens with one attached hydrogen (secondary N) is 1. The Morgan fingerprint density at radius 2 is 2.04 bits per heavy atom. The maximum Gasteiger partial charge on any atom is 0.418 e. The van der Waals surface area contributed by atoms with E-state index in [1.807, 2.05) is 6.92 Å². The maximum atomic E-state index is 13.2. The monoisotopic (exact) mass is 381 g/mol. The normalized spacial score (nSPS) is 17.6. The van der Waals surface area contributed by atoms with Gasteiger partial charge < -0.3 is 10.2 Å². The lowest BCUT2D eigenvalue weighted by atomic mass is 10.0. The highest BCUT2D eigenvalue weighted by Crippen LogP contribution is 2.39. The molecule has 1 aromatic carbocycles. The summed E-state index contributed by atoms with van der Waals surface area (Å²) in [7, 11) is 0. The Morgan fingerprint density at radius 1 is 1.30 bits per heavy atom. The van der Waals surface area contributed by atoms with Crippen LogP contribution in [0.5, 0.6) is 0 Å². The summed E-state index contributed by atoms with van der Waals surface area (Å²) >= 11 is 0. The number of anilines is 3. The lowest BCUT2D eigenvalue weighted by Gasteiger charge is -2.31. The highest BCUT2D eigenvalue weighted by molar-refractivity contribution is 5.75. The molecule has 2 heterocycles. The molecule has 0 spiro atoms. The van der Waals surface area contributed by atoms with Crippen molar-refractivity contribution in [2.45, 2.75) is 25.9 Å². The third kappa shape index (κ3) is 4.09. The fourth-order valence-corrected chi connectivity index (χ4v) is 3.21. The molecule has 10 heteroatoms. The van der Waals surface area contributed by atoms with E-state index in [9.17, 15) is 23.3 Å². The molecule has 1 N–H and O–H groups in total. The summed E-state index contributed by atoms with van der Waals surface area (Å²) in [4.78, 5) is 20.7. The second kappa shape index (κ2) is 7.37. The number of aromatic nitrogens is 2. The van der Waals surface area contributed by atoms with Crippen molar-refractivity contribution in [2.75, 3.05) is 23.3 Å². The highest BCUT2D eigenvalue weighted by atomic mass is 19.4. The number of alkyl halides is 3. The van der Waals surface area contributed by atoms with Crippen molar-refractivity contribution in [3.8, 4) is 0 Å². The number of piperidine rings is 1. The smallest absolute Gasteiger partial charge is 0.350 e. The summed E-state index contributed by atoms with van der Waals surface area (Å²) in [5.74, 6) is 0.198. The summed E-state index contributed by atoms with van der Waals surface area (Å²) in [5, 5.41) is 14.2. The van der Waals surface area contributed by atoms with Crippen molar-refractivity contribution in [3.63, 3.8) is 0 Å². The van der Waals surface area contributed by atoms with Crippen LogP contribution in [0.1, 0.15) is 25.3 Å². The number of benzene rings is 1. The Hall–Kier alpha value is -2.91.